The minimum atomic E-state index is -0.592. The van der Waals surface area contributed by atoms with Crippen LogP contribution < -0.4 is 10.1 Å². The maximum Gasteiger partial charge on any atom is 0.243 e. The van der Waals surface area contributed by atoms with E-state index in [1.165, 1.54) is 0 Å². The van der Waals surface area contributed by atoms with Crippen molar-refractivity contribution in [1.82, 2.24) is 25.0 Å². The van der Waals surface area contributed by atoms with Crippen LogP contribution in [-0.2, 0) is 11.3 Å². The number of aliphatic hydroxyl groups is 1. The van der Waals surface area contributed by atoms with Crippen LogP contribution in [0.1, 0.15) is 11.7 Å². The second-order valence-electron chi connectivity index (χ2n) is 7.07. The average Bonchev–Trinajstić information content (AvgIpc) is 3.22. The maximum atomic E-state index is 11.8. The molecule has 0 unspecified atom stereocenters. The van der Waals surface area contributed by atoms with E-state index in [-0.39, 0.29) is 12.5 Å². The van der Waals surface area contributed by atoms with Crippen molar-refractivity contribution < 1.29 is 14.6 Å². The Morgan fingerprint density at radius 3 is 2.73 bits per heavy atom. The van der Waals surface area contributed by atoms with Gasteiger partial charge in [0, 0.05) is 56.9 Å². The second-order valence-corrected chi connectivity index (χ2v) is 7.07. The quantitative estimate of drug-likeness (QED) is 0.496. The van der Waals surface area contributed by atoms with Crippen molar-refractivity contribution in [2.24, 2.45) is 0 Å². The Morgan fingerprint density at radius 1 is 1.23 bits per heavy atom. The van der Waals surface area contributed by atoms with E-state index in [1.54, 1.807) is 48.3 Å². The molecule has 2 heterocycles. The van der Waals surface area contributed by atoms with Crippen molar-refractivity contribution in [3.63, 3.8) is 0 Å². The molecule has 0 saturated carbocycles. The molecule has 0 aliphatic rings. The molecular formula is C22H27N5O3. The van der Waals surface area contributed by atoms with Crippen molar-refractivity contribution >= 4 is 5.91 Å². The number of aromatic nitrogens is 3. The SMILES string of the molecule is CN(C)C(=O)Cn1ccc(-c2ccc(OCCNC[C@H](O)c3cccnc3)cc2)n1. The Bertz CT molecular complexity index is 925. The first-order valence-corrected chi connectivity index (χ1v) is 9.78. The highest BCUT2D eigenvalue weighted by Crippen LogP contribution is 2.20. The van der Waals surface area contributed by atoms with Crippen LogP contribution in [0, 0.1) is 0 Å². The zero-order valence-electron chi connectivity index (χ0n) is 17.2. The van der Waals surface area contributed by atoms with Crippen LogP contribution >= 0.6 is 0 Å². The number of nitrogens with one attached hydrogen (secondary N) is 1. The van der Waals surface area contributed by atoms with E-state index in [0.29, 0.717) is 19.7 Å². The summed E-state index contributed by atoms with van der Waals surface area (Å²) in [7, 11) is 3.45. The van der Waals surface area contributed by atoms with Gasteiger partial charge in [0.25, 0.3) is 0 Å². The Kier molecular flexibility index (Phi) is 7.53. The fourth-order valence-corrected chi connectivity index (χ4v) is 2.78. The molecule has 0 radical (unpaired) electrons. The number of benzene rings is 1. The normalized spacial score (nSPS) is 11.8. The Hall–Kier alpha value is -3.23. The molecule has 0 aliphatic heterocycles. The van der Waals surface area contributed by atoms with E-state index in [0.717, 1.165) is 22.6 Å². The molecule has 0 spiro atoms. The van der Waals surface area contributed by atoms with Crippen molar-refractivity contribution in [3.05, 3.63) is 66.6 Å². The highest BCUT2D eigenvalue weighted by molar-refractivity contribution is 5.75. The Morgan fingerprint density at radius 2 is 2.03 bits per heavy atom. The van der Waals surface area contributed by atoms with Gasteiger partial charge in [0.1, 0.15) is 18.9 Å². The molecule has 8 nitrogen and oxygen atoms in total. The van der Waals surface area contributed by atoms with Gasteiger partial charge in [-0.2, -0.15) is 5.10 Å². The van der Waals surface area contributed by atoms with Crippen LogP contribution in [0.4, 0.5) is 0 Å². The van der Waals surface area contributed by atoms with Gasteiger partial charge in [-0.05, 0) is 36.4 Å². The molecule has 1 aromatic carbocycles. The van der Waals surface area contributed by atoms with E-state index < -0.39 is 6.10 Å². The number of pyridine rings is 1. The minimum Gasteiger partial charge on any atom is -0.492 e. The largest absolute Gasteiger partial charge is 0.492 e. The first-order chi connectivity index (χ1) is 14.5. The van der Waals surface area contributed by atoms with Crippen LogP contribution in [0.5, 0.6) is 5.75 Å². The predicted octanol–water partition coefficient (Wildman–Crippen LogP) is 1.74. The fraction of sp³-hybridized carbons (Fsp3) is 0.318. The smallest absolute Gasteiger partial charge is 0.243 e. The number of amides is 1. The van der Waals surface area contributed by atoms with Gasteiger partial charge < -0.3 is 20.1 Å². The number of likely N-dealkylation sites (N-methyl/N-ethyl adjacent to an activating group) is 1. The number of ether oxygens (including phenoxy) is 1. The fourth-order valence-electron chi connectivity index (χ4n) is 2.78. The van der Waals surface area contributed by atoms with Gasteiger partial charge in [-0.25, -0.2) is 0 Å². The van der Waals surface area contributed by atoms with Crippen LogP contribution in [-0.4, -0.2) is 64.5 Å². The molecule has 0 bridgehead atoms. The molecule has 3 rings (SSSR count). The molecule has 0 aliphatic carbocycles. The molecule has 2 N–H and O–H groups in total. The van der Waals surface area contributed by atoms with Gasteiger partial charge >= 0.3 is 0 Å². The van der Waals surface area contributed by atoms with E-state index in [2.05, 4.69) is 15.4 Å². The summed E-state index contributed by atoms with van der Waals surface area (Å²) in [4.78, 5) is 17.3. The molecular weight excluding hydrogens is 382 g/mol. The third kappa shape index (κ3) is 6.13. The lowest BCUT2D eigenvalue weighted by molar-refractivity contribution is -0.129. The first kappa shape index (κ1) is 21.5. The number of carbonyl (C=O) groups is 1. The first-order valence-electron chi connectivity index (χ1n) is 9.78. The lowest BCUT2D eigenvalue weighted by Gasteiger charge is -2.12. The molecule has 0 saturated heterocycles. The zero-order valence-corrected chi connectivity index (χ0v) is 17.2. The van der Waals surface area contributed by atoms with Gasteiger partial charge in [-0.3, -0.25) is 14.5 Å². The minimum absolute atomic E-state index is 0.00467. The Balaban J connectivity index is 1.41. The highest BCUT2D eigenvalue weighted by atomic mass is 16.5. The summed E-state index contributed by atoms with van der Waals surface area (Å²) in [5.41, 5.74) is 2.55. The van der Waals surface area contributed by atoms with Gasteiger partial charge in [-0.15, -0.1) is 0 Å². The van der Waals surface area contributed by atoms with Crippen LogP contribution in [0.2, 0.25) is 0 Å². The summed E-state index contributed by atoms with van der Waals surface area (Å²) < 4.78 is 7.37. The monoisotopic (exact) mass is 409 g/mol. The molecule has 30 heavy (non-hydrogen) atoms. The summed E-state index contributed by atoms with van der Waals surface area (Å²) in [6.45, 7) is 1.76. The summed E-state index contributed by atoms with van der Waals surface area (Å²) in [5.74, 6) is 0.755. The number of rotatable bonds is 10. The molecule has 8 heteroatoms. The zero-order chi connectivity index (χ0) is 21.3. The summed E-state index contributed by atoms with van der Waals surface area (Å²) in [6.07, 6.45) is 4.55. The summed E-state index contributed by atoms with van der Waals surface area (Å²) in [6, 6.07) is 13.2. The molecule has 1 atom stereocenters. The van der Waals surface area contributed by atoms with Crippen LogP contribution in [0.25, 0.3) is 11.3 Å². The lowest BCUT2D eigenvalue weighted by atomic mass is 10.1. The lowest BCUT2D eigenvalue weighted by Crippen LogP contribution is -2.26. The van der Waals surface area contributed by atoms with Gasteiger partial charge in [0.05, 0.1) is 11.8 Å². The van der Waals surface area contributed by atoms with E-state index in [9.17, 15) is 9.90 Å². The van der Waals surface area contributed by atoms with Crippen molar-refractivity contribution in [3.8, 4) is 17.0 Å². The number of hydrogen-bond acceptors (Lipinski definition) is 6. The topological polar surface area (TPSA) is 92.5 Å². The predicted molar refractivity (Wildman–Crippen MR) is 114 cm³/mol. The maximum absolute atomic E-state index is 11.8. The van der Waals surface area contributed by atoms with Crippen LogP contribution in [0.3, 0.4) is 0 Å². The molecule has 2 aromatic heterocycles. The third-order valence-corrected chi connectivity index (χ3v) is 4.54. The van der Waals surface area contributed by atoms with Crippen molar-refractivity contribution in [1.29, 1.82) is 0 Å². The van der Waals surface area contributed by atoms with E-state index >= 15 is 0 Å². The average molecular weight is 409 g/mol. The van der Waals surface area contributed by atoms with E-state index in [1.807, 2.05) is 36.4 Å². The number of carbonyl (C=O) groups excluding carboxylic acids is 1. The highest BCUT2D eigenvalue weighted by Gasteiger charge is 2.09. The van der Waals surface area contributed by atoms with E-state index in [4.69, 9.17) is 4.74 Å². The molecule has 1 amide bonds. The number of aliphatic hydroxyl groups excluding tert-OH is 1. The van der Waals surface area contributed by atoms with Crippen LogP contribution in [0.15, 0.2) is 61.1 Å². The molecule has 0 fully saturated rings. The molecule has 3 aromatic rings. The summed E-state index contributed by atoms with van der Waals surface area (Å²) in [5, 5.41) is 17.7. The van der Waals surface area contributed by atoms with Gasteiger partial charge in [-0.1, -0.05) is 6.07 Å². The third-order valence-electron chi connectivity index (χ3n) is 4.54. The Labute approximate surface area is 176 Å². The standard InChI is InChI=1S/C22H27N5O3/c1-26(2)22(29)16-27-12-9-20(25-27)17-5-7-19(8-6-17)30-13-11-24-15-21(28)18-4-3-10-23-14-18/h3-10,12,14,21,24,28H,11,13,15-16H2,1-2H3/t21-/m0/s1. The summed E-state index contributed by atoms with van der Waals surface area (Å²) >= 11 is 0. The van der Waals surface area contributed by atoms with Crippen molar-refractivity contribution in [2.75, 3.05) is 33.8 Å². The number of nitrogens with zero attached hydrogens (tertiary/aromatic N) is 4. The van der Waals surface area contributed by atoms with Gasteiger partial charge in [0.15, 0.2) is 0 Å². The second kappa shape index (κ2) is 10.5. The van der Waals surface area contributed by atoms with Gasteiger partial charge in [0.2, 0.25) is 5.91 Å². The van der Waals surface area contributed by atoms with Crippen molar-refractivity contribution in [2.45, 2.75) is 12.6 Å². The molecule has 158 valence electrons. The number of hydrogen-bond donors (Lipinski definition) is 2.